The van der Waals surface area contributed by atoms with Gasteiger partial charge in [0.25, 0.3) is 0 Å². The molecule has 5 heteroatoms. The van der Waals surface area contributed by atoms with E-state index in [4.69, 9.17) is 0 Å². The van der Waals surface area contributed by atoms with Gasteiger partial charge in [0, 0.05) is 6.26 Å². The van der Waals surface area contributed by atoms with Gasteiger partial charge in [-0.3, -0.25) is 4.21 Å². The zero-order valence-corrected chi connectivity index (χ0v) is 8.83. The van der Waals surface area contributed by atoms with E-state index >= 15 is 0 Å². The fourth-order valence-corrected chi connectivity index (χ4v) is 1.92. The minimum atomic E-state index is -1.03. The molecule has 0 aliphatic heterocycles. The molecule has 1 atom stereocenters. The monoisotopic (exact) mass is 202 g/mol. The van der Waals surface area contributed by atoms with Gasteiger partial charge in [0.1, 0.15) is 5.03 Å². The number of hydrogen-bond donors (Lipinski definition) is 0. The number of rotatable bonds is 2. The van der Waals surface area contributed by atoms with Crippen LogP contribution in [0.2, 0.25) is 0 Å². The van der Waals surface area contributed by atoms with E-state index in [0.29, 0.717) is 5.03 Å². The maximum Gasteiger partial charge on any atom is 0.152 e. The molecule has 0 saturated heterocycles. The van der Waals surface area contributed by atoms with Crippen LogP contribution in [0, 0.1) is 6.92 Å². The average Bonchev–Trinajstić information content (AvgIpc) is 2.03. The van der Waals surface area contributed by atoms with Crippen LogP contribution >= 0.6 is 11.8 Å². The van der Waals surface area contributed by atoms with Crippen LogP contribution in [-0.4, -0.2) is 26.9 Å². The molecule has 0 fully saturated rings. The van der Waals surface area contributed by atoms with Crippen LogP contribution in [0.5, 0.6) is 0 Å². The Morgan fingerprint density at radius 2 is 2.17 bits per heavy atom. The Labute approximate surface area is 78.4 Å². The highest BCUT2D eigenvalue weighted by Gasteiger charge is 2.05. The Hall–Kier alpha value is -0.420. The number of hydrogen-bond acceptors (Lipinski definition) is 4. The van der Waals surface area contributed by atoms with Gasteiger partial charge in [-0.25, -0.2) is 0 Å². The van der Waals surface area contributed by atoms with Crippen molar-refractivity contribution < 1.29 is 4.21 Å². The first-order valence-corrected chi connectivity index (χ1v) is 6.15. The van der Waals surface area contributed by atoms with Gasteiger partial charge in [-0.05, 0) is 24.8 Å². The quantitative estimate of drug-likeness (QED) is 0.677. The summed E-state index contributed by atoms with van der Waals surface area (Å²) in [6.07, 6.45) is 3.54. The van der Waals surface area contributed by atoms with Crippen molar-refractivity contribution in [2.75, 3.05) is 12.5 Å². The smallest absolute Gasteiger partial charge is 0.152 e. The molecular formula is C7H10N2OS2. The molecule has 0 aliphatic rings. The van der Waals surface area contributed by atoms with Gasteiger partial charge in [0.2, 0.25) is 0 Å². The van der Waals surface area contributed by atoms with Crippen molar-refractivity contribution in [2.24, 2.45) is 0 Å². The Balaban J connectivity index is 3.12. The molecule has 0 spiro atoms. The molecule has 0 aromatic carbocycles. The zero-order valence-electron chi connectivity index (χ0n) is 7.20. The van der Waals surface area contributed by atoms with Crippen molar-refractivity contribution in [3.63, 3.8) is 0 Å². The van der Waals surface area contributed by atoms with Gasteiger partial charge < -0.3 is 0 Å². The lowest BCUT2D eigenvalue weighted by molar-refractivity contribution is 0.678. The van der Waals surface area contributed by atoms with Crippen LogP contribution in [0.1, 0.15) is 5.56 Å². The minimum Gasteiger partial charge on any atom is -0.253 e. The van der Waals surface area contributed by atoms with Crippen LogP contribution in [0.3, 0.4) is 0 Å². The van der Waals surface area contributed by atoms with E-state index in [1.807, 2.05) is 19.2 Å². The van der Waals surface area contributed by atoms with E-state index in [2.05, 4.69) is 10.2 Å². The number of aromatic nitrogens is 2. The van der Waals surface area contributed by atoms with E-state index in [1.54, 1.807) is 6.26 Å². The molecular weight excluding hydrogens is 192 g/mol. The highest BCUT2D eigenvalue weighted by atomic mass is 32.2. The maximum atomic E-state index is 11.1. The molecule has 0 saturated carbocycles. The van der Waals surface area contributed by atoms with Gasteiger partial charge in [-0.1, -0.05) is 0 Å². The fraction of sp³-hybridized carbons (Fsp3) is 0.429. The van der Waals surface area contributed by atoms with Gasteiger partial charge in [-0.2, -0.15) is 0 Å². The van der Waals surface area contributed by atoms with Crippen molar-refractivity contribution >= 4 is 22.6 Å². The molecule has 1 aromatic heterocycles. The first kappa shape index (κ1) is 9.67. The van der Waals surface area contributed by atoms with Gasteiger partial charge in [0.05, 0.1) is 10.8 Å². The van der Waals surface area contributed by atoms with E-state index in [0.717, 1.165) is 10.6 Å². The van der Waals surface area contributed by atoms with Gasteiger partial charge in [0.15, 0.2) is 5.03 Å². The first-order chi connectivity index (χ1) is 5.65. The zero-order chi connectivity index (χ0) is 9.14. The fourth-order valence-electron chi connectivity index (χ4n) is 0.833. The van der Waals surface area contributed by atoms with Crippen molar-refractivity contribution in [3.05, 3.63) is 11.6 Å². The van der Waals surface area contributed by atoms with Crippen molar-refractivity contribution in [1.82, 2.24) is 10.2 Å². The Kier molecular flexibility index (Phi) is 3.22. The highest BCUT2D eigenvalue weighted by molar-refractivity contribution is 7.98. The second-order valence-electron chi connectivity index (χ2n) is 2.33. The molecule has 0 amide bonds. The largest absolute Gasteiger partial charge is 0.253 e. The predicted octanol–water partition coefficient (Wildman–Crippen LogP) is 1.24. The maximum absolute atomic E-state index is 11.1. The Bertz CT molecular complexity index is 314. The van der Waals surface area contributed by atoms with Gasteiger partial charge >= 0.3 is 0 Å². The van der Waals surface area contributed by atoms with Crippen LogP contribution in [0.25, 0.3) is 0 Å². The summed E-state index contributed by atoms with van der Waals surface area (Å²) in [5.41, 5.74) is 0.940. The molecule has 1 rings (SSSR count). The molecule has 12 heavy (non-hydrogen) atoms. The predicted molar refractivity (Wildman–Crippen MR) is 50.9 cm³/mol. The Morgan fingerprint density at radius 3 is 2.58 bits per heavy atom. The summed E-state index contributed by atoms with van der Waals surface area (Å²) in [6, 6.07) is 1.90. The highest BCUT2D eigenvalue weighted by Crippen LogP contribution is 2.14. The van der Waals surface area contributed by atoms with E-state index in [9.17, 15) is 4.21 Å². The molecule has 1 heterocycles. The summed E-state index contributed by atoms with van der Waals surface area (Å²) >= 11 is 1.53. The van der Waals surface area contributed by atoms with Crippen molar-refractivity contribution in [2.45, 2.75) is 17.0 Å². The number of nitrogens with zero attached hydrogens (tertiary/aromatic N) is 2. The normalized spacial score (nSPS) is 12.9. The third kappa shape index (κ3) is 2.04. The van der Waals surface area contributed by atoms with E-state index < -0.39 is 10.8 Å². The molecule has 0 aliphatic carbocycles. The minimum absolute atomic E-state index is 0.577. The van der Waals surface area contributed by atoms with Crippen LogP contribution < -0.4 is 0 Å². The van der Waals surface area contributed by atoms with Crippen LogP contribution in [-0.2, 0) is 10.8 Å². The summed E-state index contributed by atoms with van der Waals surface area (Å²) in [7, 11) is -1.03. The lowest BCUT2D eigenvalue weighted by Crippen LogP contribution is -1.99. The summed E-state index contributed by atoms with van der Waals surface area (Å²) < 4.78 is 11.1. The van der Waals surface area contributed by atoms with Gasteiger partial charge in [-0.15, -0.1) is 22.0 Å². The topological polar surface area (TPSA) is 42.9 Å². The molecule has 0 bridgehead atoms. The molecule has 66 valence electrons. The number of aryl methyl sites for hydroxylation is 1. The number of thioether (sulfide) groups is 1. The first-order valence-electron chi connectivity index (χ1n) is 3.37. The average molecular weight is 202 g/mol. The molecule has 1 aromatic rings. The molecule has 3 nitrogen and oxygen atoms in total. The van der Waals surface area contributed by atoms with Crippen LogP contribution in [0.15, 0.2) is 16.1 Å². The Morgan fingerprint density at radius 1 is 1.50 bits per heavy atom. The molecule has 0 N–H and O–H groups in total. The summed E-state index contributed by atoms with van der Waals surface area (Å²) in [6.45, 7) is 1.89. The lowest BCUT2D eigenvalue weighted by Gasteiger charge is -2.00. The molecule has 1 unspecified atom stereocenters. The van der Waals surface area contributed by atoms with E-state index in [1.165, 1.54) is 11.8 Å². The SMILES string of the molecule is CSc1cc(C)c(S(C)=O)nn1. The second kappa shape index (κ2) is 4.00. The second-order valence-corrected chi connectivity index (χ2v) is 4.45. The summed E-state index contributed by atoms with van der Waals surface area (Å²) in [5.74, 6) is 0. The van der Waals surface area contributed by atoms with E-state index in [-0.39, 0.29) is 0 Å². The van der Waals surface area contributed by atoms with Crippen LogP contribution in [0.4, 0.5) is 0 Å². The summed E-state index contributed by atoms with van der Waals surface area (Å²) in [4.78, 5) is 0. The standard InChI is InChI=1S/C7H10N2OS2/c1-5-4-6(11-2)8-9-7(5)12(3)10/h4H,1-3H3. The third-order valence-electron chi connectivity index (χ3n) is 1.40. The summed E-state index contributed by atoms with van der Waals surface area (Å²) in [5, 5.41) is 9.22. The van der Waals surface area contributed by atoms with Crippen molar-refractivity contribution in [1.29, 1.82) is 0 Å². The molecule has 0 radical (unpaired) electrons. The lowest BCUT2D eigenvalue weighted by atomic mass is 10.4. The third-order valence-corrected chi connectivity index (χ3v) is 2.96. The van der Waals surface area contributed by atoms with Crippen molar-refractivity contribution in [3.8, 4) is 0 Å².